The van der Waals surface area contributed by atoms with Gasteiger partial charge in [-0.2, -0.15) is 10.2 Å². The van der Waals surface area contributed by atoms with Crippen molar-refractivity contribution in [3.8, 4) is 22.3 Å². The van der Waals surface area contributed by atoms with Crippen LogP contribution in [-0.4, -0.2) is 78.0 Å². The summed E-state index contributed by atoms with van der Waals surface area (Å²) in [4.78, 5) is 6.46. The lowest BCUT2D eigenvalue weighted by molar-refractivity contribution is 0.115. The van der Waals surface area contributed by atoms with E-state index in [-0.39, 0.29) is 18.4 Å². The van der Waals surface area contributed by atoms with Crippen molar-refractivity contribution in [1.29, 1.82) is 0 Å². The number of likely N-dealkylation sites (N-methyl/N-ethyl adjacent to an activating group) is 1. The molecule has 11 heteroatoms. The summed E-state index contributed by atoms with van der Waals surface area (Å²) in [6.07, 6.45) is 34.4. The largest absolute Gasteiger partial charge is 0.391 e. The number of aliphatic hydroxyl groups is 1. The fourth-order valence-electron chi connectivity index (χ4n) is 10.1. The molecule has 2 unspecified atom stereocenters. The molecule has 0 radical (unpaired) electrons. The van der Waals surface area contributed by atoms with Gasteiger partial charge in [-0.25, -0.2) is 8.78 Å². The zero-order valence-electron chi connectivity index (χ0n) is 48.8. The number of aliphatic hydroxyl groups excluding tert-OH is 1. The quantitative estimate of drug-likeness (QED) is 0.0832. The first-order valence-corrected chi connectivity index (χ1v) is 29.7. The summed E-state index contributed by atoms with van der Waals surface area (Å²) in [6, 6.07) is 18.8. The Morgan fingerprint density at radius 3 is 1.39 bits per heavy atom. The Hall–Kier alpha value is -4.41. The van der Waals surface area contributed by atoms with E-state index >= 15 is 0 Å². The van der Waals surface area contributed by atoms with Gasteiger partial charge in [-0.05, 0) is 89.4 Å². The van der Waals surface area contributed by atoms with Crippen molar-refractivity contribution < 1.29 is 13.9 Å². The van der Waals surface area contributed by atoms with Crippen LogP contribution in [-0.2, 0) is 33.4 Å². The minimum absolute atomic E-state index is 0.0200. The van der Waals surface area contributed by atoms with E-state index < -0.39 is 6.43 Å². The van der Waals surface area contributed by atoms with Gasteiger partial charge in [0.15, 0.2) is 0 Å². The highest BCUT2D eigenvalue weighted by Gasteiger charge is 2.25. The second-order valence-corrected chi connectivity index (χ2v) is 21.7. The van der Waals surface area contributed by atoms with E-state index in [1.165, 1.54) is 144 Å². The molecule has 3 aromatic carbocycles. The Bertz CT molecular complexity index is 2210. The molecule has 0 amide bonds. The maximum atomic E-state index is 12.6. The lowest BCUT2D eigenvalue weighted by Gasteiger charge is -2.33. The van der Waals surface area contributed by atoms with E-state index in [4.69, 9.17) is 11.6 Å². The van der Waals surface area contributed by atoms with Crippen molar-refractivity contribution in [2.24, 2.45) is 20.0 Å². The molecule has 3 aliphatic heterocycles. The van der Waals surface area contributed by atoms with E-state index in [1.54, 1.807) is 9.36 Å². The van der Waals surface area contributed by atoms with E-state index in [0.29, 0.717) is 13.1 Å². The van der Waals surface area contributed by atoms with Gasteiger partial charge in [-0.15, -0.1) is 0 Å². The molecule has 8 rings (SSSR count). The summed E-state index contributed by atoms with van der Waals surface area (Å²) in [5.74, 6) is 0.0200. The van der Waals surface area contributed by atoms with E-state index in [2.05, 4.69) is 116 Å². The Morgan fingerprint density at radius 1 is 0.547 bits per heavy atom. The molecule has 3 aliphatic rings. The average Bonchev–Trinajstić information content (AvgIpc) is 4.04. The second-order valence-electron chi connectivity index (χ2n) is 21.3. The van der Waals surface area contributed by atoms with Crippen LogP contribution in [0.5, 0.6) is 0 Å². The molecule has 1 N–H and O–H groups in total. The first-order valence-electron chi connectivity index (χ1n) is 29.3. The fraction of sp³-hybridized carbons (Fsp3) is 0.625. The van der Waals surface area contributed by atoms with Crippen molar-refractivity contribution in [2.75, 3.05) is 55.5 Å². The topological polar surface area (TPSA) is 65.6 Å². The summed E-state index contributed by atoms with van der Waals surface area (Å²) in [7, 11) is 9.91. The molecule has 0 spiro atoms. The Morgan fingerprint density at radius 2 is 0.987 bits per heavy atom. The SMILES string of the molecule is CCCCCCCC.CCCCCCCC.CCCCCCCC.CN1CC(CC(F)F)Cc2cc(-c3cnn(C)c3)ccc21.CN1CC(O)Cc2cc(-c3cnn(C)c3)ccc21.CN1CCCc2c(Cl)cccc21. The number of fused-ring (bicyclic) bond motifs is 3. The number of benzene rings is 3. The zero-order valence-corrected chi connectivity index (χ0v) is 49.6. The van der Waals surface area contributed by atoms with Gasteiger partial charge in [-0.1, -0.05) is 187 Å². The molecule has 2 atom stereocenters. The minimum Gasteiger partial charge on any atom is -0.391 e. The first kappa shape index (κ1) is 64.9. The molecule has 75 heavy (non-hydrogen) atoms. The molecule has 0 aliphatic carbocycles. The van der Waals surface area contributed by atoms with E-state index in [0.717, 1.165) is 64.3 Å². The number of hydrogen-bond acceptors (Lipinski definition) is 6. The molecule has 5 heterocycles. The number of aromatic nitrogens is 4. The Balaban J connectivity index is 0.000000250. The first-order chi connectivity index (χ1) is 36.2. The Labute approximate surface area is 460 Å². The van der Waals surface area contributed by atoms with Crippen molar-refractivity contribution in [2.45, 2.75) is 202 Å². The number of nitrogens with zero attached hydrogens (tertiary/aromatic N) is 7. The van der Waals surface area contributed by atoms with Gasteiger partial charge in [-0.3, -0.25) is 9.36 Å². The number of unbranched alkanes of at least 4 members (excludes halogenated alkanes) is 15. The summed E-state index contributed by atoms with van der Waals surface area (Å²) in [5.41, 5.74) is 11.7. The smallest absolute Gasteiger partial charge is 0.239 e. The molecule has 0 fully saturated rings. The number of β-amino-alcohol motifs (C(OH)–C–C–N with tert-alkyl or cyclic N) is 1. The highest BCUT2D eigenvalue weighted by Crippen LogP contribution is 2.35. The van der Waals surface area contributed by atoms with Crippen LogP contribution in [0.2, 0.25) is 5.02 Å². The van der Waals surface area contributed by atoms with Crippen LogP contribution in [0.1, 0.15) is 187 Å². The monoisotopic (exact) mass is 1060 g/mol. The molecule has 5 aromatic rings. The van der Waals surface area contributed by atoms with Gasteiger partial charge < -0.3 is 19.8 Å². The summed E-state index contributed by atoms with van der Waals surface area (Å²) in [6.45, 7) is 16.1. The minimum atomic E-state index is -2.23. The molecule has 420 valence electrons. The highest BCUT2D eigenvalue weighted by atomic mass is 35.5. The Kier molecular flexibility index (Phi) is 32.3. The summed E-state index contributed by atoms with van der Waals surface area (Å²) in [5, 5.41) is 19.1. The average molecular weight is 1060 g/mol. The lowest BCUT2D eigenvalue weighted by Crippen LogP contribution is -2.35. The third-order valence-electron chi connectivity index (χ3n) is 14.3. The van der Waals surface area contributed by atoms with Crippen molar-refractivity contribution in [3.63, 3.8) is 0 Å². The van der Waals surface area contributed by atoms with Crippen LogP contribution in [0.25, 0.3) is 22.3 Å². The third-order valence-corrected chi connectivity index (χ3v) is 14.7. The predicted molar refractivity (Wildman–Crippen MR) is 322 cm³/mol. The van der Waals surface area contributed by atoms with Crippen LogP contribution >= 0.6 is 11.6 Å². The molecule has 0 bridgehead atoms. The fourth-order valence-corrected chi connectivity index (χ4v) is 10.3. The van der Waals surface area contributed by atoms with Gasteiger partial charge in [0.2, 0.25) is 6.43 Å². The lowest BCUT2D eigenvalue weighted by atomic mass is 9.89. The molecule has 0 saturated heterocycles. The van der Waals surface area contributed by atoms with Crippen molar-refractivity contribution in [3.05, 3.63) is 101 Å². The second kappa shape index (κ2) is 37.4. The molecule has 8 nitrogen and oxygen atoms in total. The number of rotatable bonds is 19. The van der Waals surface area contributed by atoms with Gasteiger partial charge >= 0.3 is 0 Å². The van der Waals surface area contributed by atoms with Crippen molar-refractivity contribution >= 4 is 28.7 Å². The normalized spacial score (nSPS) is 15.3. The van der Waals surface area contributed by atoms with Crippen LogP contribution in [0.15, 0.2) is 79.4 Å². The maximum absolute atomic E-state index is 12.6. The number of aryl methyl sites for hydroxylation is 2. The summed E-state index contributed by atoms with van der Waals surface area (Å²) >= 11 is 6.08. The van der Waals surface area contributed by atoms with Gasteiger partial charge in [0.1, 0.15) is 0 Å². The molecular weight excluding hydrogens is 956 g/mol. The number of hydrogen-bond donors (Lipinski definition) is 1. The van der Waals surface area contributed by atoms with E-state index in [9.17, 15) is 13.9 Å². The van der Waals surface area contributed by atoms with Crippen molar-refractivity contribution in [1.82, 2.24) is 19.6 Å². The van der Waals surface area contributed by atoms with Crippen LogP contribution in [0.3, 0.4) is 0 Å². The van der Waals surface area contributed by atoms with Gasteiger partial charge in [0.05, 0.1) is 18.5 Å². The van der Waals surface area contributed by atoms with Gasteiger partial charge in [0.25, 0.3) is 0 Å². The molecular formula is C64H102ClF2N7O. The molecule has 0 saturated carbocycles. The molecule has 2 aromatic heterocycles. The maximum Gasteiger partial charge on any atom is 0.239 e. The highest BCUT2D eigenvalue weighted by molar-refractivity contribution is 6.31. The third kappa shape index (κ3) is 24.2. The summed E-state index contributed by atoms with van der Waals surface area (Å²) < 4.78 is 28.8. The van der Waals surface area contributed by atoms with Crippen LogP contribution in [0, 0.1) is 5.92 Å². The zero-order chi connectivity index (χ0) is 55.0. The van der Waals surface area contributed by atoms with Crippen LogP contribution < -0.4 is 14.7 Å². The number of alkyl halides is 2. The number of halogens is 3. The predicted octanol–water partition coefficient (Wildman–Crippen LogP) is 17.6. The number of anilines is 3. The van der Waals surface area contributed by atoms with Crippen LogP contribution in [0.4, 0.5) is 25.8 Å². The van der Waals surface area contributed by atoms with E-state index in [1.807, 2.05) is 65.1 Å². The standard InChI is InChI=1S/C16H19F2N3.C14H17N3O.C10H12ClN.3C8H18/c1-20-9-11(6-16(17)18)5-13-7-12(3-4-15(13)20)14-8-19-21(2)10-14;1-16-9-13(18)6-11-5-10(3-4-14(11)16)12-7-15-17(2)8-12;1-12-7-3-4-8-9(11)5-2-6-10(8)12;3*1-3-5-7-8-6-4-2/h3-4,7-8,10-11,16H,5-6,9H2,1-2H3;3-5,7-8,13,18H,6,9H2,1-2H3;2,5-6H,3-4,7H2,1H3;3*3-8H2,1-2H3. The van der Waals surface area contributed by atoms with Gasteiger partial charge in [0, 0.05) is 113 Å².